The fourth-order valence-electron chi connectivity index (χ4n) is 4.84. The van der Waals surface area contributed by atoms with Gasteiger partial charge in [-0.2, -0.15) is 18.3 Å². The first-order valence-corrected chi connectivity index (χ1v) is 12.0. The van der Waals surface area contributed by atoms with E-state index in [1.54, 1.807) is 29.2 Å². The van der Waals surface area contributed by atoms with E-state index in [1.165, 1.54) is 16.5 Å². The average molecular weight is 505 g/mol. The number of nitrogens with zero attached hydrogens (tertiary/aromatic N) is 3. The summed E-state index contributed by atoms with van der Waals surface area (Å²) in [6.07, 6.45) is -4.73. The second kappa shape index (κ2) is 9.54. The van der Waals surface area contributed by atoms with Gasteiger partial charge in [-0.3, -0.25) is 4.79 Å². The third-order valence-electron chi connectivity index (χ3n) is 6.74. The first-order valence-electron chi connectivity index (χ1n) is 11.6. The zero-order valence-corrected chi connectivity index (χ0v) is 19.7. The molecule has 2 aliphatic rings. The van der Waals surface area contributed by atoms with Crippen LogP contribution in [0.15, 0.2) is 60.7 Å². The van der Waals surface area contributed by atoms with Crippen molar-refractivity contribution in [3.63, 3.8) is 0 Å². The Bertz CT molecular complexity index is 1170. The molecule has 3 aromatic rings. The van der Waals surface area contributed by atoms with E-state index in [2.05, 4.69) is 22.5 Å². The molecule has 1 saturated heterocycles. The van der Waals surface area contributed by atoms with E-state index in [9.17, 15) is 18.0 Å². The summed E-state index contributed by atoms with van der Waals surface area (Å²) in [6, 6.07) is 15.9. The molecule has 1 fully saturated rings. The number of piperazine rings is 1. The highest BCUT2D eigenvalue weighted by molar-refractivity contribution is 6.30. The quantitative estimate of drug-likeness (QED) is 0.569. The molecule has 6 nitrogen and oxygen atoms in total. The summed E-state index contributed by atoms with van der Waals surface area (Å²) < 4.78 is 42.8. The van der Waals surface area contributed by atoms with E-state index in [-0.39, 0.29) is 23.8 Å². The predicted octanol–water partition coefficient (Wildman–Crippen LogP) is 3.74. The SMILES string of the molecule is O=C(c1cc2n(n1)[C@@H](C(F)(F)F)C[C@@H](c1ccc(Cl)cc1)N2)N1CC[NH+](Cc2ccccc2)CC1. The number of carbonyl (C=O) groups excluding carboxylic acids is 1. The summed E-state index contributed by atoms with van der Waals surface area (Å²) in [6.45, 7) is 3.50. The number of quaternary nitrogens is 1. The van der Waals surface area contributed by atoms with Crippen LogP contribution in [0.1, 0.15) is 40.1 Å². The van der Waals surface area contributed by atoms with Gasteiger partial charge in [0.2, 0.25) is 0 Å². The average Bonchev–Trinajstić information content (AvgIpc) is 3.28. The van der Waals surface area contributed by atoms with E-state index in [0.29, 0.717) is 23.7 Å². The number of alkyl halides is 3. The molecule has 5 rings (SSSR count). The lowest BCUT2D eigenvalue weighted by Crippen LogP contribution is -3.13. The Labute approximate surface area is 206 Å². The number of aromatic nitrogens is 2. The Morgan fingerprint density at radius 1 is 1.09 bits per heavy atom. The van der Waals surface area contributed by atoms with Crippen molar-refractivity contribution in [2.45, 2.75) is 31.2 Å². The number of halogens is 4. The van der Waals surface area contributed by atoms with Gasteiger partial charge >= 0.3 is 6.18 Å². The number of carbonyl (C=O) groups is 1. The van der Waals surface area contributed by atoms with Crippen LogP contribution in [0.2, 0.25) is 5.02 Å². The monoisotopic (exact) mass is 504 g/mol. The van der Waals surface area contributed by atoms with Gasteiger partial charge in [-0.25, -0.2) is 4.68 Å². The molecule has 2 atom stereocenters. The minimum Gasteiger partial charge on any atom is -0.363 e. The number of nitrogens with one attached hydrogen (secondary N) is 2. The standard InChI is InChI=1S/C25H25ClF3N5O/c26-19-8-6-18(7-9-19)20-14-22(25(27,28)29)34-23(30-20)15-21(31-34)24(35)33-12-10-32(11-13-33)16-17-4-2-1-3-5-17/h1-9,15,20,22,30H,10-14,16H2/p+1/t20-,22+/m0/s1. The van der Waals surface area contributed by atoms with Crippen molar-refractivity contribution in [1.29, 1.82) is 0 Å². The maximum atomic E-state index is 14.0. The lowest BCUT2D eigenvalue weighted by molar-refractivity contribution is -0.917. The predicted molar refractivity (Wildman–Crippen MR) is 126 cm³/mol. The summed E-state index contributed by atoms with van der Waals surface area (Å²) in [7, 11) is 0. The van der Waals surface area contributed by atoms with Crippen molar-refractivity contribution in [2.75, 3.05) is 31.5 Å². The Kier molecular flexibility index (Phi) is 6.46. The van der Waals surface area contributed by atoms with Gasteiger partial charge in [-0.15, -0.1) is 0 Å². The Morgan fingerprint density at radius 2 is 1.77 bits per heavy atom. The molecule has 1 amide bonds. The van der Waals surface area contributed by atoms with Crippen molar-refractivity contribution in [2.24, 2.45) is 0 Å². The Balaban J connectivity index is 1.30. The van der Waals surface area contributed by atoms with Crippen LogP contribution in [0, 0.1) is 0 Å². The largest absolute Gasteiger partial charge is 0.410 e. The maximum absolute atomic E-state index is 14.0. The number of benzene rings is 2. The summed E-state index contributed by atoms with van der Waals surface area (Å²) in [5.41, 5.74) is 1.97. The molecule has 35 heavy (non-hydrogen) atoms. The van der Waals surface area contributed by atoms with Crippen LogP contribution in [0.3, 0.4) is 0 Å². The van der Waals surface area contributed by atoms with Gasteiger partial charge in [-0.05, 0) is 17.7 Å². The Hall–Kier alpha value is -3.04. The van der Waals surface area contributed by atoms with Crippen LogP contribution >= 0.6 is 11.6 Å². The molecule has 0 radical (unpaired) electrons. The van der Waals surface area contributed by atoms with Crippen LogP contribution in [-0.2, 0) is 6.54 Å². The summed E-state index contributed by atoms with van der Waals surface area (Å²) in [5, 5.41) is 7.76. The van der Waals surface area contributed by atoms with E-state index in [0.717, 1.165) is 24.3 Å². The number of hydrogen-bond donors (Lipinski definition) is 2. The third-order valence-corrected chi connectivity index (χ3v) is 6.99. The van der Waals surface area contributed by atoms with Gasteiger partial charge < -0.3 is 15.1 Å². The van der Waals surface area contributed by atoms with Crippen LogP contribution in [0.5, 0.6) is 0 Å². The number of fused-ring (bicyclic) bond motifs is 1. The zero-order valence-electron chi connectivity index (χ0n) is 18.9. The van der Waals surface area contributed by atoms with E-state index in [1.807, 2.05) is 18.2 Å². The lowest BCUT2D eigenvalue weighted by atomic mass is 9.97. The summed E-state index contributed by atoms with van der Waals surface area (Å²) in [4.78, 5) is 16.2. The Morgan fingerprint density at radius 3 is 2.43 bits per heavy atom. The highest BCUT2D eigenvalue weighted by Gasteiger charge is 2.47. The van der Waals surface area contributed by atoms with Crippen LogP contribution in [-0.4, -0.2) is 52.9 Å². The first kappa shape index (κ1) is 23.7. The molecule has 0 unspecified atom stereocenters. The summed E-state index contributed by atoms with van der Waals surface area (Å²) in [5.74, 6) is -0.147. The van der Waals surface area contributed by atoms with E-state index >= 15 is 0 Å². The molecular weight excluding hydrogens is 479 g/mol. The van der Waals surface area contributed by atoms with Gasteiger partial charge in [0, 0.05) is 23.1 Å². The minimum atomic E-state index is -4.50. The molecule has 2 N–H and O–H groups in total. The van der Waals surface area contributed by atoms with Crippen molar-refractivity contribution in [3.05, 3.63) is 82.5 Å². The van der Waals surface area contributed by atoms with Gasteiger partial charge in [0.25, 0.3) is 5.91 Å². The molecule has 0 saturated carbocycles. The molecule has 1 aromatic heterocycles. The normalized spacial score (nSPS) is 20.9. The molecule has 2 aliphatic heterocycles. The van der Waals surface area contributed by atoms with Crippen molar-refractivity contribution in [3.8, 4) is 0 Å². The molecule has 0 aliphatic carbocycles. The second-order valence-electron chi connectivity index (χ2n) is 9.11. The molecule has 10 heteroatoms. The molecule has 2 aromatic carbocycles. The highest BCUT2D eigenvalue weighted by atomic mass is 35.5. The highest BCUT2D eigenvalue weighted by Crippen LogP contribution is 2.43. The second-order valence-corrected chi connectivity index (χ2v) is 9.54. The fraction of sp³-hybridized carbons (Fsp3) is 0.360. The number of rotatable bonds is 4. The smallest absolute Gasteiger partial charge is 0.363 e. The maximum Gasteiger partial charge on any atom is 0.410 e. The van der Waals surface area contributed by atoms with Crippen LogP contribution < -0.4 is 10.2 Å². The van der Waals surface area contributed by atoms with Gasteiger partial charge in [0.05, 0.1) is 32.2 Å². The van der Waals surface area contributed by atoms with E-state index < -0.39 is 18.3 Å². The van der Waals surface area contributed by atoms with Crippen LogP contribution in [0.4, 0.5) is 19.0 Å². The molecular formula is C25H26ClF3N5O+. The van der Waals surface area contributed by atoms with E-state index in [4.69, 9.17) is 11.6 Å². The van der Waals surface area contributed by atoms with Crippen molar-refractivity contribution < 1.29 is 22.9 Å². The molecule has 0 spiro atoms. The minimum absolute atomic E-state index is 0.0324. The first-order chi connectivity index (χ1) is 16.8. The third kappa shape index (κ3) is 5.16. The molecule has 0 bridgehead atoms. The number of anilines is 1. The fourth-order valence-corrected chi connectivity index (χ4v) is 4.97. The number of hydrogen-bond acceptors (Lipinski definition) is 3. The van der Waals surface area contributed by atoms with Gasteiger partial charge in [0.1, 0.15) is 12.4 Å². The van der Waals surface area contributed by atoms with Crippen molar-refractivity contribution in [1.82, 2.24) is 14.7 Å². The molecule has 3 heterocycles. The lowest BCUT2D eigenvalue weighted by Gasteiger charge is -2.33. The number of amides is 1. The zero-order chi connectivity index (χ0) is 24.6. The summed E-state index contributed by atoms with van der Waals surface area (Å²) >= 11 is 5.94. The van der Waals surface area contributed by atoms with Crippen molar-refractivity contribution >= 4 is 23.3 Å². The van der Waals surface area contributed by atoms with Gasteiger partial charge in [0.15, 0.2) is 11.7 Å². The molecule has 184 valence electrons. The van der Waals surface area contributed by atoms with Crippen LogP contribution in [0.25, 0.3) is 0 Å². The van der Waals surface area contributed by atoms with Gasteiger partial charge in [-0.1, -0.05) is 54.1 Å². The topological polar surface area (TPSA) is 54.6 Å².